The van der Waals surface area contributed by atoms with Crippen molar-refractivity contribution in [3.63, 3.8) is 0 Å². The number of hydrogen-bond donors (Lipinski definition) is 0. The Morgan fingerprint density at radius 2 is 1.95 bits per heavy atom. The van der Waals surface area contributed by atoms with E-state index in [2.05, 4.69) is 16.0 Å². The molecule has 0 spiro atoms. The molecule has 22 heavy (non-hydrogen) atoms. The van der Waals surface area contributed by atoms with Crippen molar-refractivity contribution in [1.29, 1.82) is 5.26 Å². The molecule has 3 nitrogen and oxygen atoms in total. The van der Waals surface area contributed by atoms with Gasteiger partial charge in [-0.1, -0.05) is 18.2 Å². The predicted octanol–water partition coefficient (Wildman–Crippen LogP) is 3.94. The first-order valence-corrected chi connectivity index (χ1v) is 7.45. The van der Waals surface area contributed by atoms with Gasteiger partial charge in [0.05, 0.1) is 12.1 Å². The zero-order valence-corrected chi connectivity index (χ0v) is 12.7. The maximum absolute atomic E-state index is 13.2. The Morgan fingerprint density at radius 1 is 1.18 bits per heavy atom. The molecule has 114 valence electrons. The van der Waals surface area contributed by atoms with Crippen LogP contribution < -0.4 is 0 Å². The number of halogens is 1. The van der Waals surface area contributed by atoms with E-state index in [0.717, 1.165) is 30.5 Å². The zero-order valence-electron chi connectivity index (χ0n) is 12.7. The van der Waals surface area contributed by atoms with Crippen molar-refractivity contribution in [1.82, 2.24) is 9.88 Å². The number of benzene rings is 1. The minimum Gasteiger partial charge on any atom is -0.295 e. The molecule has 2 aromatic rings. The Labute approximate surface area is 131 Å². The average molecular weight is 297 g/mol. The van der Waals surface area contributed by atoms with Crippen LogP contribution in [0.1, 0.15) is 36.4 Å². The van der Waals surface area contributed by atoms with Gasteiger partial charge in [-0.05, 0) is 55.8 Å². The molecule has 1 aromatic heterocycles. The van der Waals surface area contributed by atoms with Crippen molar-refractivity contribution in [2.24, 2.45) is 0 Å². The standard InChI is InChI=1S/C18H20FN3/c1-22(13-4-2-3-11-20)18(16-6-5-12-21-14-16)15-7-9-17(19)10-8-15/h5-10,12,14,18H,2-4,13H2,1H3. The molecule has 0 saturated heterocycles. The van der Waals surface area contributed by atoms with Crippen LogP contribution in [0.15, 0.2) is 48.8 Å². The van der Waals surface area contributed by atoms with Gasteiger partial charge in [0.15, 0.2) is 0 Å². The maximum atomic E-state index is 13.2. The molecule has 1 heterocycles. The topological polar surface area (TPSA) is 39.9 Å². The smallest absolute Gasteiger partial charge is 0.123 e. The Kier molecular flexibility index (Phi) is 6.05. The molecule has 0 radical (unpaired) electrons. The van der Waals surface area contributed by atoms with Crippen LogP contribution in [0.2, 0.25) is 0 Å². The number of rotatable bonds is 7. The number of nitriles is 1. The number of hydrogen-bond acceptors (Lipinski definition) is 3. The van der Waals surface area contributed by atoms with Gasteiger partial charge >= 0.3 is 0 Å². The van der Waals surface area contributed by atoms with Gasteiger partial charge in [-0.2, -0.15) is 5.26 Å². The van der Waals surface area contributed by atoms with Crippen LogP contribution in [-0.2, 0) is 0 Å². The quantitative estimate of drug-likeness (QED) is 0.727. The van der Waals surface area contributed by atoms with Crippen molar-refractivity contribution in [3.8, 4) is 6.07 Å². The number of unbranched alkanes of at least 4 members (excludes halogenated alkanes) is 2. The molecule has 0 aliphatic carbocycles. The molecule has 1 aromatic carbocycles. The van der Waals surface area contributed by atoms with E-state index in [0.29, 0.717) is 6.42 Å². The second kappa shape index (κ2) is 8.26. The molecule has 0 aliphatic rings. The highest BCUT2D eigenvalue weighted by atomic mass is 19.1. The van der Waals surface area contributed by atoms with E-state index >= 15 is 0 Å². The van der Waals surface area contributed by atoms with Gasteiger partial charge in [-0.3, -0.25) is 9.88 Å². The summed E-state index contributed by atoms with van der Waals surface area (Å²) in [5, 5.41) is 8.62. The molecule has 0 bridgehead atoms. The molecule has 0 saturated carbocycles. The van der Waals surface area contributed by atoms with Gasteiger partial charge < -0.3 is 0 Å². The highest BCUT2D eigenvalue weighted by molar-refractivity contribution is 5.30. The third-order valence-electron chi connectivity index (χ3n) is 3.68. The molecular formula is C18H20FN3. The van der Waals surface area contributed by atoms with Crippen molar-refractivity contribution in [2.45, 2.75) is 25.3 Å². The van der Waals surface area contributed by atoms with E-state index in [1.807, 2.05) is 37.5 Å². The molecule has 0 amide bonds. The third-order valence-corrected chi connectivity index (χ3v) is 3.68. The minimum absolute atomic E-state index is 0.0383. The molecule has 4 heteroatoms. The van der Waals surface area contributed by atoms with E-state index in [1.54, 1.807) is 6.20 Å². The lowest BCUT2D eigenvalue weighted by Crippen LogP contribution is -2.26. The van der Waals surface area contributed by atoms with Crippen LogP contribution in [0.5, 0.6) is 0 Å². The first-order chi connectivity index (χ1) is 10.7. The van der Waals surface area contributed by atoms with Gasteiger partial charge in [0, 0.05) is 18.8 Å². The molecule has 2 rings (SSSR count). The fourth-order valence-electron chi connectivity index (χ4n) is 2.58. The van der Waals surface area contributed by atoms with Crippen molar-refractivity contribution in [3.05, 3.63) is 65.7 Å². The highest BCUT2D eigenvalue weighted by Gasteiger charge is 2.19. The summed E-state index contributed by atoms with van der Waals surface area (Å²) in [5.74, 6) is -0.231. The summed E-state index contributed by atoms with van der Waals surface area (Å²) in [6, 6.07) is 12.8. The lowest BCUT2D eigenvalue weighted by molar-refractivity contribution is 0.273. The SMILES string of the molecule is CN(CCCCC#N)C(c1ccc(F)cc1)c1cccnc1. The van der Waals surface area contributed by atoms with Crippen molar-refractivity contribution < 1.29 is 4.39 Å². The lowest BCUT2D eigenvalue weighted by Gasteiger charge is -2.28. The van der Waals surface area contributed by atoms with E-state index in [9.17, 15) is 4.39 Å². The fraction of sp³-hybridized carbons (Fsp3) is 0.333. The Hall–Kier alpha value is -2.25. The summed E-state index contributed by atoms with van der Waals surface area (Å²) >= 11 is 0. The Bertz CT molecular complexity index is 604. The van der Waals surface area contributed by atoms with Crippen LogP contribution in [-0.4, -0.2) is 23.5 Å². The summed E-state index contributed by atoms with van der Waals surface area (Å²) in [6.07, 6.45) is 6.03. The van der Waals surface area contributed by atoms with Crippen LogP contribution in [0.3, 0.4) is 0 Å². The summed E-state index contributed by atoms with van der Waals surface area (Å²) in [5.41, 5.74) is 2.12. The van der Waals surface area contributed by atoms with Crippen LogP contribution >= 0.6 is 0 Å². The van der Waals surface area contributed by atoms with E-state index in [1.165, 1.54) is 12.1 Å². The molecule has 0 aliphatic heterocycles. The maximum Gasteiger partial charge on any atom is 0.123 e. The van der Waals surface area contributed by atoms with Gasteiger partial charge in [0.1, 0.15) is 5.82 Å². The minimum atomic E-state index is -0.231. The van der Waals surface area contributed by atoms with Crippen LogP contribution in [0.4, 0.5) is 4.39 Å². The second-order valence-electron chi connectivity index (χ2n) is 5.34. The summed E-state index contributed by atoms with van der Waals surface area (Å²) in [7, 11) is 2.05. The van der Waals surface area contributed by atoms with Crippen molar-refractivity contribution >= 4 is 0 Å². The average Bonchev–Trinajstić information content (AvgIpc) is 2.55. The normalized spacial score (nSPS) is 12.1. The van der Waals surface area contributed by atoms with E-state index in [-0.39, 0.29) is 11.9 Å². The summed E-state index contributed by atoms with van der Waals surface area (Å²) < 4.78 is 13.2. The Morgan fingerprint density at radius 3 is 2.59 bits per heavy atom. The third kappa shape index (κ3) is 4.37. The molecular weight excluding hydrogens is 277 g/mol. The molecule has 0 N–H and O–H groups in total. The van der Waals surface area contributed by atoms with Gasteiger partial charge in [0.25, 0.3) is 0 Å². The lowest BCUT2D eigenvalue weighted by atomic mass is 9.98. The molecule has 0 fully saturated rings. The monoisotopic (exact) mass is 297 g/mol. The van der Waals surface area contributed by atoms with Gasteiger partial charge in [-0.15, -0.1) is 0 Å². The largest absolute Gasteiger partial charge is 0.295 e. The summed E-state index contributed by atoms with van der Waals surface area (Å²) in [6.45, 7) is 0.874. The number of aromatic nitrogens is 1. The Balaban J connectivity index is 2.18. The van der Waals surface area contributed by atoms with Crippen LogP contribution in [0.25, 0.3) is 0 Å². The van der Waals surface area contributed by atoms with E-state index in [4.69, 9.17) is 5.26 Å². The highest BCUT2D eigenvalue weighted by Crippen LogP contribution is 2.27. The van der Waals surface area contributed by atoms with Crippen molar-refractivity contribution in [2.75, 3.05) is 13.6 Å². The molecule has 1 atom stereocenters. The first-order valence-electron chi connectivity index (χ1n) is 7.45. The zero-order chi connectivity index (χ0) is 15.8. The van der Waals surface area contributed by atoms with Gasteiger partial charge in [-0.25, -0.2) is 4.39 Å². The van der Waals surface area contributed by atoms with E-state index < -0.39 is 0 Å². The van der Waals surface area contributed by atoms with Gasteiger partial charge in [0.2, 0.25) is 0 Å². The fourth-order valence-corrected chi connectivity index (χ4v) is 2.58. The second-order valence-corrected chi connectivity index (χ2v) is 5.34. The number of pyridine rings is 1. The summed E-state index contributed by atoms with van der Waals surface area (Å²) in [4.78, 5) is 6.42. The van der Waals surface area contributed by atoms with Crippen LogP contribution in [0, 0.1) is 17.1 Å². The first kappa shape index (κ1) is 16.1. The number of nitrogens with zero attached hydrogens (tertiary/aromatic N) is 3. The predicted molar refractivity (Wildman–Crippen MR) is 84.6 cm³/mol. The molecule has 1 unspecified atom stereocenters.